The smallest absolute Gasteiger partial charge is 0.186 e. The molecule has 0 bridgehead atoms. The fourth-order valence-electron chi connectivity index (χ4n) is 0.806. The first-order valence-electron chi connectivity index (χ1n) is 3.88. The molecule has 0 fully saturated rings. The SMILES string of the molecule is N#CC(OCCCO)c1cscn1. The Morgan fingerprint density at radius 2 is 2.62 bits per heavy atom. The summed E-state index contributed by atoms with van der Waals surface area (Å²) in [5.74, 6) is 0. The first-order valence-corrected chi connectivity index (χ1v) is 4.83. The van der Waals surface area contributed by atoms with Gasteiger partial charge in [0.05, 0.1) is 17.8 Å². The third-order valence-electron chi connectivity index (χ3n) is 1.42. The predicted octanol–water partition coefficient (Wildman–Crippen LogP) is 1.11. The average molecular weight is 198 g/mol. The molecule has 1 unspecified atom stereocenters. The van der Waals surface area contributed by atoms with E-state index in [0.29, 0.717) is 18.7 Å². The van der Waals surface area contributed by atoms with Gasteiger partial charge < -0.3 is 9.84 Å². The van der Waals surface area contributed by atoms with Crippen molar-refractivity contribution in [3.63, 3.8) is 0 Å². The lowest BCUT2D eigenvalue weighted by Crippen LogP contribution is -2.04. The van der Waals surface area contributed by atoms with Crippen LogP contribution in [-0.2, 0) is 4.74 Å². The van der Waals surface area contributed by atoms with Gasteiger partial charge in [0.2, 0.25) is 0 Å². The molecule has 4 nitrogen and oxygen atoms in total. The highest BCUT2D eigenvalue weighted by Crippen LogP contribution is 2.15. The molecule has 1 atom stereocenters. The van der Waals surface area contributed by atoms with Crippen LogP contribution in [0.1, 0.15) is 18.2 Å². The van der Waals surface area contributed by atoms with Crippen LogP contribution in [0.3, 0.4) is 0 Å². The van der Waals surface area contributed by atoms with Crippen molar-refractivity contribution in [1.82, 2.24) is 4.98 Å². The van der Waals surface area contributed by atoms with Crippen LogP contribution >= 0.6 is 11.3 Å². The van der Waals surface area contributed by atoms with Gasteiger partial charge in [-0.2, -0.15) is 5.26 Å². The number of hydrogen-bond acceptors (Lipinski definition) is 5. The normalized spacial score (nSPS) is 12.3. The Morgan fingerprint density at radius 1 is 1.77 bits per heavy atom. The Balaban J connectivity index is 2.41. The number of nitriles is 1. The summed E-state index contributed by atoms with van der Waals surface area (Å²) in [4.78, 5) is 3.97. The van der Waals surface area contributed by atoms with Crippen LogP contribution in [0.25, 0.3) is 0 Å². The second-order valence-corrected chi connectivity index (χ2v) is 3.09. The number of ether oxygens (including phenoxy) is 1. The quantitative estimate of drug-likeness (QED) is 0.720. The van der Waals surface area contributed by atoms with Crippen molar-refractivity contribution in [2.75, 3.05) is 13.2 Å². The van der Waals surface area contributed by atoms with Crippen LogP contribution in [0.15, 0.2) is 10.9 Å². The zero-order valence-electron chi connectivity index (χ0n) is 7.01. The van der Waals surface area contributed by atoms with Crippen LogP contribution in [0.5, 0.6) is 0 Å². The highest BCUT2D eigenvalue weighted by atomic mass is 32.1. The number of hydrogen-bond donors (Lipinski definition) is 1. The third kappa shape index (κ3) is 3.11. The van der Waals surface area contributed by atoms with Gasteiger partial charge >= 0.3 is 0 Å². The summed E-state index contributed by atoms with van der Waals surface area (Å²) in [7, 11) is 0. The van der Waals surface area contributed by atoms with E-state index in [9.17, 15) is 0 Å². The molecule has 0 aromatic carbocycles. The second kappa shape index (κ2) is 5.65. The molecule has 1 N–H and O–H groups in total. The van der Waals surface area contributed by atoms with Crippen molar-refractivity contribution in [1.29, 1.82) is 5.26 Å². The first-order chi connectivity index (χ1) is 6.38. The molecule has 0 radical (unpaired) electrons. The molecule has 1 aromatic rings. The Labute approximate surface area is 80.4 Å². The number of aromatic nitrogens is 1. The van der Waals surface area contributed by atoms with Crippen molar-refractivity contribution in [2.24, 2.45) is 0 Å². The first kappa shape index (κ1) is 10.1. The van der Waals surface area contributed by atoms with Crippen LogP contribution in [0.4, 0.5) is 0 Å². The predicted molar refractivity (Wildman–Crippen MR) is 48.1 cm³/mol. The molecule has 0 amide bonds. The number of thiazole rings is 1. The molecule has 0 aliphatic heterocycles. The molecule has 1 aromatic heterocycles. The van der Waals surface area contributed by atoms with Gasteiger partial charge in [-0.25, -0.2) is 4.98 Å². The minimum Gasteiger partial charge on any atom is -0.396 e. The van der Waals surface area contributed by atoms with Gasteiger partial charge in [0, 0.05) is 12.0 Å². The van der Waals surface area contributed by atoms with Gasteiger partial charge in [0.25, 0.3) is 0 Å². The summed E-state index contributed by atoms with van der Waals surface area (Å²) in [6.07, 6.45) is -0.0553. The van der Waals surface area contributed by atoms with E-state index in [0.717, 1.165) is 0 Å². The number of aliphatic hydroxyl groups excluding tert-OH is 1. The Kier molecular flexibility index (Phi) is 4.40. The van der Waals surface area contributed by atoms with Crippen LogP contribution in [0.2, 0.25) is 0 Å². The van der Waals surface area contributed by atoms with Gasteiger partial charge in [-0.15, -0.1) is 11.3 Å². The van der Waals surface area contributed by atoms with Crippen LogP contribution in [-0.4, -0.2) is 23.3 Å². The Hall–Kier alpha value is -0.960. The summed E-state index contributed by atoms with van der Waals surface area (Å²) in [6.45, 7) is 0.460. The maximum absolute atomic E-state index is 8.72. The topological polar surface area (TPSA) is 66.1 Å². The van der Waals surface area contributed by atoms with Gasteiger partial charge in [-0.3, -0.25) is 0 Å². The maximum Gasteiger partial charge on any atom is 0.186 e. The van der Waals surface area contributed by atoms with Crippen molar-refractivity contribution < 1.29 is 9.84 Å². The third-order valence-corrected chi connectivity index (χ3v) is 2.03. The molecule has 0 aliphatic carbocycles. The van der Waals surface area contributed by atoms with Crippen molar-refractivity contribution >= 4 is 11.3 Å². The molecule has 1 rings (SSSR count). The van der Waals surface area contributed by atoms with E-state index in [2.05, 4.69) is 4.98 Å². The molecule has 0 aliphatic rings. The zero-order valence-corrected chi connectivity index (χ0v) is 7.83. The molecule has 0 spiro atoms. The van der Waals surface area contributed by atoms with E-state index in [4.69, 9.17) is 15.1 Å². The van der Waals surface area contributed by atoms with E-state index in [-0.39, 0.29) is 6.61 Å². The zero-order chi connectivity index (χ0) is 9.52. The lowest BCUT2D eigenvalue weighted by atomic mass is 10.3. The molecule has 5 heteroatoms. The van der Waals surface area contributed by atoms with Gasteiger partial charge in [-0.05, 0) is 6.42 Å². The van der Waals surface area contributed by atoms with Crippen molar-refractivity contribution in [2.45, 2.75) is 12.5 Å². The lowest BCUT2D eigenvalue weighted by molar-refractivity contribution is 0.0753. The van der Waals surface area contributed by atoms with Gasteiger partial charge in [0.1, 0.15) is 6.07 Å². The highest BCUT2D eigenvalue weighted by molar-refractivity contribution is 7.07. The van der Waals surface area contributed by atoms with Gasteiger partial charge in [-0.1, -0.05) is 0 Å². The second-order valence-electron chi connectivity index (χ2n) is 2.37. The van der Waals surface area contributed by atoms with E-state index in [1.54, 1.807) is 10.9 Å². The number of rotatable bonds is 5. The average Bonchev–Trinajstić information content (AvgIpc) is 2.65. The fraction of sp³-hybridized carbons (Fsp3) is 0.500. The minimum absolute atomic E-state index is 0.0786. The van der Waals surface area contributed by atoms with Crippen molar-refractivity contribution in [3.8, 4) is 6.07 Å². The Bertz CT molecular complexity index is 268. The van der Waals surface area contributed by atoms with Crippen LogP contribution < -0.4 is 0 Å². The minimum atomic E-state index is -0.599. The molecule has 0 saturated heterocycles. The summed E-state index contributed by atoms with van der Waals surface area (Å²) in [5, 5.41) is 19.0. The molecule has 0 saturated carbocycles. The summed E-state index contributed by atoms with van der Waals surface area (Å²) in [5.41, 5.74) is 2.31. The van der Waals surface area contributed by atoms with Gasteiger partial charge in [0.15, 0.2) is 6.10 Å². The number of aliphatic hydroxyl groups is 1. The summed E-state index contributed by atoms with van der Waals surface area (Å²) < 4.78 is 5.20. The molecule has 1 heterocycles. The molecular formula is C8H10N2O2S. The molecular weight excluding hydrogens is 188 g/mol. The van der Waals surface area contributed by atoms with E-state index in [1.807, 2.05) is 6.07 Å². The summed E-state index contributed by atoms with van der Waals surface area (Å²) >= 11 is 1.43. The van der Waals surface area contributed by atoms with E-state index in [1.165, 1.54) is 11.3 Å². The van der Waals surface area contributed by atoms with Crippen molar-refractivity contribution in [3.05, 3.63) is 16.6 Å². The maximum atomic E-state index is 8.72. The van der Waals surface area contributed by atoms with E-state index < -0.39 is 6.10 Å². The van der Waals surface area contributed by atoms with E-state index >= 15 is 0 Å². The lowest BCUT2D eigenvalue weighted by Gasteiger charge is -2.06. The monoisotopic (exact) mass is 198 g/mol. The summed E-state index contributed by atoms with van der Waals surface area (Å²) in [6, 6.07) is 2.00. The molecule has 13 heavy (non-hydrogen) atoms. The standard InChI is InChI=1S/C8H10N2O2S/c9-4-8(12-3-1-2-11)7-5-13-6-10-7/h5-6,8,11H,1-3H2. The Morgan fingerprint density at radius 3 is 3.15 bits per heavy atom. The van der Waals surface area contributed by atoms with Crippen LogP contribution in [0, 0.1) is 11.3 Å². The highest BCUT2D eigenvalue weighted by Gasteiger charge is 2.11. The fourth-order valence-corrected chi connectivity index (χ4v) is 1.37. The number of nitrogens with zero attached hydrogens (tertiary/aromatic N) is 2. The largest absolute Gasteiger partial charge is 0.396 e. The molecule has 70 valence electrons.